The molecule has 6 N–H and O–H groups in total. The molecule has 2 aromatic rings. The third kappa shape index (κ3) is 5.82. The Balaban J connectivity index is 1.74. The summed E-state index contributed by atoms with van der Waals surface area (Å²) in [6.45, 7) is 4.38. The van der Waals surface area contributed by atoms with E-state index in [0.717, 1.165) is 10.9 Å². The largest absolute Gasteiger partial charge is 0.496 e. The standard InChI is InChI=1S/C23H31N5O5/c1-12(2)9-17(22(31)27-16(20(24)29)10-13-7-8-25-21(13)30)28-23(32)18-11-14-15(26-18)5-4-6-19(14)33-3/h4-6,11-13,16-17,26H,7-10H2,1-3H3,(H2,24,29)(H,25,30)(H,27,31)(H,28,32)/t13-,16?,17?/m0/s1. The number of nitrogens with two attached hydrogens (primary N) is 1. The first kappa shape index (κ1) is 24.1. The number of H-pyrrole nitrogens is 1. The Kier molecular flexibility index (Phi) is 7.57. The van der Waals surface area contributed by atoms with Gasteiger partial charge in [0.2, 0.25) is 17.7 Å². The highest BCUT2D eigenvalue weighted by molar-refractivity contribution is 6.01. The van der Waals surface area contributed by atoms with Gasteiger partial charge in [0.15, 0.2) is 0 Å². The average molecular weight is 458 g/mol. The van der Waals surface area contributed by atoms with E-state index >= 15 is 0 Å². The molecule has 0 radical (unpaired) electrons. The smallest absolute Gasteiger partial charge is 0.268 e. The minimum atomic E-state index is -1.00. The molecule has 3 atom stereocenters. The van der Waals surface area contributed by atoms with Crippen molar-refractivity contribution < 1.29 is 23.9 Å². The van der Waals surface area contributed by atoms with Crippen molar-refractivity contribution in [3.8, 4) is 5.75 Å². The first-order chi connectivity index (χ1) is 15.7. The number of aromatic amines is 1. The Hall–Kier alpha value is -3.56. The van der Waals surface area contributed by atoms with E-state index in [1.165, 1.54) is 0 Å². The van der Waals surface area contributed by atoms with Gasteiger partial charge in [-0.3, -0.25) is 19.2 Å². The van der Waals surface area contributed by atoms with Crippen molar-refractivity contribution in [3.05, 3.63) is 30.0 Å². The van der Waals surface area contributed by atoms with Crippen LogP contribution in [0.5, 0.6) is 5.75 Å². The molecular formula is C23H31N5O5. The minimum Gasteiger partial charge on any atom is -0.496 e. The number of methoxy groups -OCH3 is 1. The molecule has 2 heterocycles. The Morgan fingerprint density at radius 3 is 2.58 bits per heavy atom. The van der Waals surface area contributed by atoms with E-state index < -0.39 is 29.8 Å². The second kappa shape index (κ2) is 10.4. The lowest BCUT2D eigenvalue weighted by Gasteiger charge is -2.24. The molecule has 10 nitrogen and oxygen atoms in total. The molecule has 1 saturated heterocycles. The fourth-order valence-corrected chi connectivity index (χ4v) is 4.04. The van der Waals surface area contributed by atoms with Crippen molar-refractivity contribution in [2.45, 2.75) is 45.2 Å². The predicted octanol–water partition coefficient (Wildman–Crippen LogP) is 0.817. The molecule has 4 amide bonds. The Morgan fingerprint density at radius 1 is 1.21 bits per heavy atom. The molecule has 0 aliphatic carbocycles. The number of amides is 4. The van der Waals surface area contributed by atoms with Gasteiger partial charge in [0.25, 0.3) is 5.91 Å². The summed E-state index contributed by atoms with van der Waals surface area (Å²) in [5.41, 5.74) is 6.50. The van der Waals surface area contributed by atoms with E-state index in [-0.39, 0.29) is 29.9 Å². The van der Waals surface area contributed by atoms with Crippen LogP contribution in [-0.2, 0) is 14.4 Å². The van der Waals surface area contributed by atoms with Crippen LogP contribution in [0.25, 0.3) is 10.9 Å². The van der Waals surface area contributed by atoms with Gasteiger partial charge in [0, 0.05) is 23.4 Å². The van der Waals surface area contributed by atoms with E-state index in [2.05, 4.69) is 20.9 Å². The number of rotatable bonds is 10. The maximum atomic E-state index is 13.0. The molecule has 2 unspecified atom stereocenters. The van der Waals surface area contributed by atoms with Gasteiger partial charge in [0.05, 0.1) is 7.11 Å². The molecule has 1 aliphatic heterocycles. The highest BCUT2D eigenvalue weighted by Gasteiger charge is 2.32. The molecule has 33 heavy (non-hydrogen) atoms. The van der Waals surface area contributed by atoms with Crippen molar-refractivity contribution in [1.82, 2.24) is 20.9 Å². The van der Waals surface area contributed by atoms with Crippen LogP contribution in [-0.4, -0.2) is 54.4 Å². The molecule has 0 bridgehead atoms. The zero-order chi connectivity index (χ0) is 24.1. The van der Waals surface area contributed by atoms with Crippen LogP contribution in [0.2, 0.25) is 0 Å². The van der Waals surface area contributed by atoms with Crippen molar-refractivity contribution in [3.63, 3.8) is 0 Å². The van der Waals surface area contributed by atoms with Crippen molar-refractivity contribution in [2.75, 3.05) is 13.7 Å². The molecule has 1 aromatic heterocycles. The zero-order valence-electron chi connectivity index (χ0n) is 19.1. The summed E-state index contributed by atoms with van der Waals surface area (Å²) in [4.78, 5) is 52.8. The molecule has 10 heteroatoms. The molecule has 3 rings (SSSR count). The number of hydrogen-bond donors (Lipinski definition) is 5. The van der Waals surface area contributed by atoms with Crippen LogP contribution in [0.1, 0.15) is 43.6 Å². The SMILES string of the molecule is COc1cccc2[nH]c(C(=O)NC(CC(C)C)C(=O)NC(C[C@@H]3CCNC3=O)C(N)=O)cc12. The van der Waals surface area contributed by atoms with E-state index in [9.17, 15) is 19.2 Å². The molecule has 0 saturated carbocycles. The maximum Gasteiger partial charge on any atom is 0.268 e. The molecule has 1 aromatic carbocycles. The van der Waals surface area contributed by atoms with Crippen LogP contribution in [0, 0.1) is 11.8 Å². The number of fused-ring (bicyclic) bond motifs is 1. The molecule has 1 fully saturated rings. The number of carbonyl (C=O) groups is 4. The highest BCUT2D eigenvalue weighted by Crippen LogP contribution is 2.26. The lowest BCUT2D eigenvalue weighted by Crippen LogP contribution is -2.54. The quantitative estimate of drug-likeness (QED) is 0.357. The number of ether oxygens (including phenoxy) is 1. The van der Waals surface area contributed by atoms with Gasteiger partial charge in [-0.05, 0) is 43.4 Å². The first-order valence-corrected chi connectivity index (χ1v) is 11.0. The third-order valence-corrected chi connectivity index (χ3v) is 5.76. The summed E-state index contributed by atoms with van der Waals surface area (Å²) >= 11 is 0. The van der Waals surface area contributed by atoms with Gasteiger partial charge in [-0.1, -0.05) is 19.9 Å². The average Bonchev–Trinajstić information content (AvgIpc) is 3.38. The zero-order valence-corrected chi connectivity index (χ0v) is 19.1. The minimum absolute atomic E-state index is 0.0940. The summed E-state index contributed by atoms with van der Waals surface area (Å²) in [7, 11) is 1.55. The monoisotopic (exact) mass is 457 g/mol. The second-order valence-electron chi connectivity index (χ2n) is 8.74. The number of primary amides is 1. The van der Waals surface area contributed by atoms with Gasteiger partial charge in [-0.2, -0.15) is 0 Å². The maximum absolute atomic E-state index is 13.0. The topological polar surface area (TPSA) is 155 Å². The summed E-state index contributed by atoms with van der Waals surface area (Å²) in [5, 5.41) is 8.84. The Bertz CT molecular complexity index is 1050. The molecule has 1 aliphatic rings. The first-order valence-electron chi connectivity index (χ1n) is 11.0. The summed E-state index contributed by atoms with van der Waals surface area (Å²) in [6.07, 6.45) is 1.06. The van der Waals surface area contributed by atoms with Crippen LogP contribution in [0.4, 0.5) is 0 Å². The van der Waals surface area contributed by atoms with E-state index in [1.807, 2.05) is 26.0 Å². The highest BCUT2D eigenvalue weighted by atomic mass is 16.5. The molecular weight excluding hydrogens is 426 g/mol. The number of hydrogen-bond acceptors (Lipinski definition) is 5. The van der Waals surface area contributed by atoms with Gasteiger partial charge in [-0.25, -0.2) is 0 Å². The third-order valence-electron chi connectivity index (χ3n) is 5.76. The van der Waals surface area contributed by atoms with E-state index in [0.29, 0.717) is 25.1 Å². The number of benzene rings is 1. The van der Waals surface area contributed by atoms with Gasteiger partial charge >= 0.3 is 0 Å². The van der Waals surface area contributed by atoms with Crippen LogP contribution in [0.3, 0.4) is 0 Å². The van der Waals surface area contributed by atoms with Crippen LogP contribution < -0.4 is 26.4 Å². The lowest BCUT2D eigenvalue weighted by atomic mass is 9.97. The second-order valence-corrected chi connectivity index (χ2v) is 8.74. The predicted molar refractivity (Wildman–Crippen MR) is 122 cm³/mol. The van der Waals surface area contributed by atoms with E-state index in [4.69, 9.17) is 10.5 Å². The summed E-state index contributed by atoms with van der Waals surface area (Å²) in [5.74, 6) is -1.52. The summed E-state index contributed by atoms with van der Waals surface area (Å²) in [6, 6.07) is 5.20. The number of nitrogens with one attached hydrogen (secondary N) is 4. The van der Waals surface area contributed by atoms with Gasteiger partial charge < -0.3 is 31.4 Å². The molecule has 0 spiro atoms. The van der Waals surface area contributed by atoms with E-state index in [1.54, 1.807) is 19.2 Å². The normalized spacial score (nSPS) is 17.5. The molecule has 178 valence electrons. The fourth-order valence-electron chi connectivity index (χ4n) is 4.04. The lowest BCUT2D eigenvalue weighted by molar-refractivity contribution is -0.130. The van der Waals surface area contributed by atoms with Crippen molar-refractivity contribution in [1.29, 1.82) is 0 Å². The van der Waals surface area contributed by atoms with Crippen molar-refractivity contribution >= 4 is 34.5 Å². The van der Waals surface area contributed by atoms with Gasteiger partial charge in [-0.15, -0.1) is 0 Å². The fraction of sp³-hybridized carbons (Fsp3) is 0.478. The number of aromatic nitrogens is 1. The van der Waals surface area contributed by atoms with Crippen LogP contribution >= 0.6 is 0 Å². The number of carbonyl (C=O) groups excluding carboxylic acids is 4. The Labute approximate surface area is 192 Å². The Morgan fingerprint density at radius 2 is 1.97 bits per heavy atom. The summed E-state index contributed by atoms with van der Waals surface area (Å²) < 4.78 is 5.33. The van der Waals surface area contributed by atoms with Crippen molar-refractivity contribution in [2.24, 2.45) is 17.6 Å². The van der Waals surface area contributed by atoms with Gasteiger partial charge in [0.1, 0.15) is 23.5 Å². The van der Waals surface area contributed by atoms with Crippen LogP contribution in [0.15, 0.2) is 24.3 Å².